The van der Waals surface area contributed by atoms with Crippen molar-refractivity contribution in [3.8, 4) is 0 Å². The molecule has 2 aliphatic rings. The lowest BCUT2D eigenvalue weighted by Crippen LogP contribution is -2.47. The van der Waals surface area contributed by atoms with Crippen molar-refractivity contribution in [1.82, 2.24) is 19.8 Å². The largest absolute Gasteiger partial charge is 0.352 e. The van der Waals surface area contributed by atoms with E-state index in [2.05, 4.69) is 31.0 Å². The van der Waals surface area contributed by atoms with Crippen LogP contribution >= 0.6 is 11.3 Å². The van der Waals surface area contributed by atoms with E-state index < -0.39 is 0 Å². The molecule has 2 aromatic rings. The maximum atomic E-state index is 13.6. The minimum absolute atomic E-state index is 0.0673. The maximum Gasteiger partial charge on any atom is 0.262 e. The predicted octanol–water partition coefficient (Wildman–Crippen LogP) is 4.28. The Labute approximate surface area is 189 Å². The lowest BCUT2D eigenvalue weighted by atomic mass is 9.95. The van der Waals surface area contributed by atoms with Crippen LogP contribution in [0.1, 0.15) is 87.0 Å². The summed E-state index contributed by atoms with van der Waals surface area (Å²) in [6.45, 7) is 10.4. The van der Waals surface area contributed by atoms with Gasteiger partial charge in [0.2, 0.25) is 5.91 Å². The molecule has 170 valence electrons. The third-order valence-corrected chi connectivity index (χ3v) is 8.06. The summed E-state index contributed by atoms with van der Waals surface area (Å²) in [7, 11) is 0. The van der Waals surface area contributed by atoms with Gasteiger partial charge >= 0.3 is 0 Å². The molecule has 0 radical (unpaired) electrons. The molecule has 2 aromatic heterocycles. The van der Waals surface area contributed by atoms with Crippen LogP contribution in [0.4, 0.5) is 0 Å². The highest BCUT2D eigenvalue weighted by molar-refractivity contribution is 7.18. The zero-order valence-corrected chi connectivity index (χ0v) is 20.2. The average molecular weight is 445 g/mol. The number of aromatic nitrogens is 2. The summed E-state index contributed by atoms with van der Waals surface area (Å²) in [6.07, 6.45) is 7.87. The van der Waals surface area contributed by atoms with Crippen molar-refractivity contribution in [3.05, 3.63) is 26.6 Å². The molecule has 1 aliphatic carbocycles. The molecular formula is C24H36N4O2S. The molecular weight excluding hydrogens is 408 g/mol. The number of fused-ring (bicyclic) bond motifs is 1. The molecule has 1 N–H and O–H groups in total. The van der Waals surface area contributed by atoms with E-state index in [4.69, 9.17) is 4.98 Å². The average Bonchev–Trinajstić information content (AvgIpc) is 3.02. The summed E-state index contributed by atoms with van der Waals surface area (Å²) >= 11 is 1.62. The van der Waals surface area contributed by atoms with Crippen LogP contribution in [-0.2, 0) is 4.79 Å². The first-order valence-corrected chi connectivity index (χ1v) is 12.7. The van der Waals surface area contributed by atoms with Gasteiger partial charge in [-0.1, -0.05) is 33.1 Å². The number of carbonyl (C=O) groups excluding carboxylic acids is 1. The van der Waals surface area contributed by atoms with E-state index >= 15 is 0 Å². The van der Waals surface area contributed by atoms with Gasteiger partial charge in [0.05, 0.1) is 18.0 Å². The Bertz CT molecular complexity index is 1000. The fraction of sp³-hybridized carbons (Fsp3) is 0.708. The maximum absolute atomic E-state index is 13.6. The molecule has 7 heteroatoms. The van der Waals surface area contributed by atoms with Gasteiger partial charge < -0.3 is 5.32 Å². The standard InChI is InChI=1S/C24H36N4O2S/c1-15(2)22-26-23-21(16(3)17(4)31-23)24(30)28(22)19-11-8-12-27(13-19)14-20(29)25-18-9-6-5-7-10-18/h15,18-19H,5-14H2,1-4H3,(H,25,29). The van der Waals surface area contributed by atoms with Crippen LogP contribution in [0.2, 0.25) is 0 Å². The van der Waals surface area contributed by atoms with Crippen molar-refractivity contribution in [3.63, 3.8) is 0 Å². The lowest BCUT2D eigenvalue weighted by molar-refractivity contribution is -0.123. The number of carbonyl (C=O) groups is 1. The molecule has 0 bridgehead atoms. The Morgan fingerprint density at radius 3 is 2.61 bits per heavy atom. The normalized spacial score (nSPS) is 21.1. The van der Waals surface area contributed by atoms with Gasteiger partial charge in [-0.2, -0.15) is 0 Å². The molecule has 4 rings (SSSR count). The summed E-state index contributed by atoms with van der Waals surface area (Å²) in [5, 5.41) is 4.01. The Kier molecular flexibility index (Phi) is 6.82. The predicted molar refractivity (Wildman–Crippen MR) is 127 cm³/mol. The number of hydrogen-bond acceptors (Lipinski definition) is 5. The summed E-state index contributed by atoms with van der Waals surface area (Å²) in [5.41, 5.74) is 1.15. The summed E-state index contributed by atoms with van der Waals surface area (Å²) in [4.78, 5) is 35.4. The summed E-state index contributed by atoms with van der Waals surface area (Å²) in [5.74, 6) is 1.17. The number of thiophene rings is 1. The summed E-state index contributed by atoms with van der Waals surface area (Å²) < 4.78 is 1.96. The van der Waals surface area contributed by atoms with E-state index in [-0.39, 0.29) is 23.4 Å². The quantitative estimate of drug-likeness (QED) is 0.747. The van der Waals surface area contributed by atoms with Crippen LogP contribution in [-0.4, -0.2) is 46.0 Å². The van der Waals surface area contributed by atoms with Gasteiger partial charge in [-0.3, -0.25) is 19.1 Å². The second kappa shape index (κ2) is 9.41. The molecule has 0 aromatic carbocycles. The van der Waals surface area contributed by atoms with Gasteiger partial charge in [0.1, 0.15) is 10.7 Å². The minimum Gasteiger partial charge on any atom is -0.352 e. The first-order valence-electron chi connectivity index (χ1n) is 11.9. The molecule has 3 heterocycles. The third-order valence-electron chi connectivity index (χ3n) is 6.96. The number of aryl methyl sites for hydroxylation is 2. The molecule has 1 unspecified atom stereocenters. The number of nitrogens with one attached hydrogen (secondary N) is 1. The Hall–Kier alpha value is -1.73. The van der Waals surface area contributed by atoms with Crippen molar-refractivity contribution in [2.24, 2.45) is 0 Å². The highest BCUT2D eigenvalue weighted by atomic mass is 32.1. The van der Waals surface area contributed by atoms with Crippen molar-refractivity contribution in [1.29, 1.82) is 0 Å². The fourth-order valence-electron chi connectivity index (χ4n) is 5.19. The molecule has 6 nitrogen and oxygen atoms in total. The highest BCUT2D eigenvalue weighted by Gasteiger charge is 2.28. The lowest BCUT2D eigenvalue weighted by Gasteiger charge is -2.35. The number of amides is 1. The van der Waals surface area contributed by atoms with Gasteiger partial charge in [0.15, 0.2) is 0 Å². The molecule has 1 atom stereocenters. The molecule has 1 amide bonds. The second-order valence-electron chi connectivity index (χ2n) is 9.70. The second-order valence-corrected chi connectivity index (χ2v) is 10.9. The minimum atomic E-state index is 0.0673. The Morgan fingerprint density at radius 2 is 1.90 bits per heavy atom. The van der Waals surface area contributed by atoms with Crippen molar-refractivity contribution in [2.45, 2.75) is 90.6 Å². The van der Waals surface area contributed by atoms with Gasteiger partial charge in [0, 0.05) is 23.4 Å². The fourth-order valence-corrected chi connectivity index (χ4v) is 6.22. The zero-order chi connectivity index (χ0) is 22.1. The van der Waals surface area contributed by atoms with Crippen molar-refractivity contribution >= 4 is 27.5 Å². The van der Waals surface area contributed by atoms with Crippen molar-refractivity contribution < 1.29 is 4.79 Å². The molecule has 2 fully saturated rings. The van der Waals surface area contributed by atoms with E-state index in [0.717, 1.165) is 65.3 Å². The first-order chi connectivity index (χ1) is 14.8. The number of piperidine rings is 1. The van der Waals surface area contributed by atoms with Crippen LogP contribution in [0.3, 0.4) is 0 Å². The molecule has 1 aliphatic heterocycles. The number of hydrogen-bond donors (Lipinski definition) is 1. The number of likely N-dealkylation sites (tertiary alicyclic amines) is 1. The first kappa shape index (κ1) is 22.5. The monoisotopic (exact) mass is 444 g/mol. The van der Waals surface area contributed by atoms with Crippen molar-refractivity contribution in [2.75, 3.05) is 19.6 Å². The van der Waals surface area contributed by atoms with E-state index in [1.54, 1.807) is 11.3 Å². The molecule has 1 saturated heterocycles. The van der Waals surface area contributed by atoms with E-state index in [0.29, 0.717) is 12.6 Å². The van der Waals surface area contributed by atoms with Gasteiger partial charge in [-0.15, -0.1) is 11.3 Å². The van der Waals surface area contributed by atoms with E-state index in [9.17, 15) is 9.59 Å². The zero-order valence-electron chi connectivity index (χ0n) is 19.4. The van der Waals surface area contributed by atoms with Crippen LogP contribution in [0, 0.1) is 13.8 Å². The van der Waals surface area contributed by atoms with Crippen LogP contribution in [0.5, 0.6) is 0 Å². The van der Waals surface area contributed by atoms with Crippen LogP contribution < -0.4 is 10.9 Å². The highest BCUT2D eigenvalue weighted by Crippen LogP contribution is 2.30. The number of rotatable bonds is 5. The van der Waals surface area contributed by atoms with Crippen LogP contribution in [0.25, 0.3) is 10.2 Å². The summed E-state index contributed by atoms with van der Waals surface area (Å²) in [6, 6.07) is 0.408. The van der Waals surface area contributed by atoms with E-state index in [1.807, 2.05) is 11.5 Å². The smallest absolute Gasteiger partial charge is 0.262 e. The number of nitrogens with zero attached hydrogens (tertiary/aromatic N) is 3. The van der Waals surface area contributed by atoms with Gasteiger partial charge in [0.25, 0.3) is 5.56 Å². The molecule has 0 spiro atoms. The third kappa shape index (κ3) is 4.72. The Balaban J connectivity index is 1.55. The molecule has 1 saturated carbocycles. The Morgan fingerprint density at radius 1 is 1.16 bits per heavy atom. The van der Waals surface area contributed by atoms with E-state index in [1.165, 1.54) is 19.3 Å². The SMILES string of the molecule is Cc1sc2nc(C(C)C)n(C3CCCN(CC(=O)NC4CCCCC4)C3)c(=O)c2c1C. The van der Waals surface area contributed by atoms with Gasteiger partial charge in [-0.25, -0.2) is 4.98 Å². The topological polar surface area (TPSA) is 67.2 Å². The van der Waals surface area contributed by atoms with Gasteiger partial charge in [-0.05, 0) is 51.6 Å². The van der Waals surface area contributed by atoms with Crippen LogP contribution in [0.15, 0.2) is 4.79 Å². The molecule has 31 heavy (non-hydrogen) atoms.